The molecule has 0 spiro atoms. The molecule has 11 heteroatoms. The zero-order chi connectivity index (χ0) is 25.7. The number of ether oxygens (including phenoxy) is 2. The summed E-state index contributed by atoms with van der Waals surface area (Å²) in [5.74, 6) is -0.223. The minimum Gasteiger partial charge on any atom is -0.493 e. The topological polar surface area (TPSA) is 120 Å². The lowest BCUT2D eigenvalue weighted by molar-refractivity contribution is -0.384. The van der Waals surface area contributed by atoms with Gasteiger partial charge in [-0.2, -0.15) is 4.99 Å². The minimum absolute atomic E-state index is 0.0155. The van der Waals surface area contributed by atoms with Crippen molar-refractivity contribution in [2.75, 3.05) is 7.11 Å². The summed E-state index contributed by atoms with van der Waals surface area (Å²) in [6, 6.07) is 17.8. The van der Waals surface area contributed by atoms with Gasteiger partial charge in [-0.25, -0.2) is 0 Å². The van der Waals surface area contributed by atoms with E-state index in [2.05, 4.69) is 10.3 Å². The summed E-state index contributed by atoms with van der Waals surface area (Å²) >= 11 is 7.47. The van der Waals surface area contributed by atoms with Gasteiger partial charge in [0, 0.05) is 17.7 Å². The minimum atomic E-state index is -0.476. The molecule has 0 saturated carbocycles. The third-order valence-corrected chi connectivity index (χ3v) is 6.15. The van der Waals surface area contributed by atoms with E-state index >= 15 is 0 Å². The number of hydrogen-bond acceptors (Lipinski definition) is 7. The Morgan fingerprint density at radius 1 is 1.17 bits per heavy atom. The van der Waals surface area contributed by atoms with Gasteiger partial charge in [0.25, 0.3) is 17.5 Å². The second-order valence-corrected chi connectivity index (χ2v) is 8.84. The van der Waals surface area contributed by atoms with Gasteiger partial charge in [-0.3, -0.25) is 19.7 Å². The molecule has 1 fully saturated rings. The van der Waals surface area contributed by atoms with E-state index in [-0.39, 0.29) is 22.5 Å². The highest BCUT2D eigenvalue weighted by Crippen LogP contribution is 2.38. The molecule has 1 N–H and O–H groups in total. The van der Waals surface area contributed by atoms with E-state index in [1.165, 1.54) is 19.2 Å². The Labute approximate surface area is 214 Å². The average Bonchev–Trinajstić information content (AvgIpc) is 3.21. The first-order chi connectivity index (χ1) is 17.3. The highest BCUT2D eigenvalue weighted by atomic mass is 35.5. The monoisotopic (exact) mass is 523 g/mol. The molecule has 9 nitrogen and oxygen atoms in total. The molecule has 2 amide bonds. The number of methoxy groups -OCH3 is 1. The number of thioether (sulfide) groups is 1. The summed E-state index contributed by atoms with van der Waals surface area (Å²) < 4.78 is 11.2. The van der Waals surface area contributed by atoms with Gasteiger partial charge in [-0.1, -0.05) is 29.8 Å². The number of nitrogens with one attached hydrogen (secondary N) is 1. The Hall–Kier alpha value is -4.15. The van der Waals surface area contributed by atoms with E-state index in [4.69, 9.17) is 21.1 Å². The van der Waals surface area contributed by atoms with Crippen LogP contribution in [-0.2, 0) is 11.4 Å². The average molecular weight is 524 g/mol. The molecule has 0 aliphatic carbocycles. The first kappa shape index (κ1) is 25.0. The largest absolute Gasteiger partial charge is 0.493 e. The first-order valence-corrected chi connectivity index (χ1v) is 11.7. The van der Waals surface area contributed by atoms with Crippen molar-refractivity contribution >= 4 is 52.1 Å². The molecule has 0 aromatic heterocycles. The lowest BCUT2D eigenvalue weighted by Crippen LogP contribution is -2.20. The van der Waals surface area contributed by atoms with Gasteiger partial charge in [0.1, 0.15) is 6.61 Å². The van der Waals surface area contributed by atoms with Crippen molar-refractivity contribution in [3.05, 3.63) is 103 Å². The van der Waals surface area contributed by atoms with Crippen molar-refractivity contribution in [3.8, 4) is 11.5 Å². The van der Waals surface area contributed by atoms with Gasteiger partial charge in [0.2, 0.25) is 0 Å². The van der Waals surface area contributed by atoms with Crippen molar-refractivity contribution in [2.45, 2.75) is 6.61 Å². The van der Waals surface area contributed by atoms with Crippen LogP contribution in [0.4, 0.5) is 5.69 Å². The van der Waals surface area contributed by atoms with Gasteiger partial charge in [-0.15, -0.1) is 0 Å². The van der Waals surface area contributed by atoms with Gasteiger partial charge in [-0.05, 0) is 65.4 Å². The number of non-ortho nitro benzene ring substituents is 1. The Bertz CT molecular complexity index is 1390. The third-order valence-electron chi connectivity index (χ3n) is 4.95. The molecule has 3 aromatic carbocycles. The predicted octanol–water partition coefficient (Wildman–Crippen LogP) is 5.24. The van der Waals surface area contributed by atoms with Crippen molar-refractivity contribution in [1.29, 1.82) is 0 Å². The second-order valence-electron chi connectivity index (χ2n) is 7.40. The zero-order valence-corrected chi connectivity index (χ0v) is 20.3. The van der Waals surface area contributed by atoms with E-state index in [1.54, 1.807) is 60.7 Å². The Balaban J connectivity index is 1.49. The standard InChI is InChI=1S/C25H18ClN3O6S/c1-34-20-12-16(11-19(26)22(20)35-14-15-7-9-18(10-8-15)29(32)33)13-21-24(31)28-25(36-21)27-23(30)17-5-3-2-4-6-17/h2-13H,14H2,1H3,(H,27,28,30,31)/b21-13-. The van der Waals surface area contributed by atoms with E-state index < -0.39 is 16.7 Å². The maximum Gasteiger partial charge on any atom is 0.279 e. The van der Waals surface area contributed by atoms with Crippen LogP contribution in [0.1, 0.15) is 21.5 Å². The normalized spacial score (nSPS) is 15.1. The molecule has 0 radical (unpaired) electrons. The van der Waals surface area contributed by atoms with Crippen LogP contribution >= 0.6 is 23.4 Å². The summed E-state index contributed by atoms with van der Waals surface area (Å²) in [5.41, 5.74) is 1.69. The van der Waals surface area contributed by atoms with Crippen LogP contribution in [-0.4, -0.2) is 29.0 Å². The number of amidine groups is 1. The van der Waals surface area contributed by atoms with E-state index in [0.29, 0.717) is 33.1 Å². The fraction of sp³-hybridized carbons (Fsp3) is 0.0800. The van der Waals surface area contributed by atoms with E-state index in [1.807, 2.05) is 0 Å². The number of hydrogen-bond donors (Lipinski definition) is 1. The third kappa shape index (κ3) is 5.91. The number of halogens is 1. The molecule has 0 unspecified atom stereocenters. The number of amides is 2. The quantitative estimate of drug-likeness (QED) is 0.255. The molecule has 1 aliphatic heterocycles. The summed E-state index contributed by atoms with van der Waals surface area (Å²) in [6.45, 7) is 0.113. The number of benzene rings is 3. The Morgan fingerprint density at radius 2 is 1.89 bits per heavy atom. The summed E-state index contributed by atoms with van der Waals surface area (Å²) in [5, 5.41) is 13.8. The maximum absolute atomic E-state index is 12.4. The van der Waals surface area contributed by atoms with Crippen LogP contribution in [0.15, 0.2) is 76.6 Å². The lowest BCUT2D eigenvalue weighted by Gasteiger charge is -2.13. The fourth-order valence-electron chi connectivity index (χ4n) is 3.20. The second kappa shape index (κ2) is 11.1. The SMILES string of the molecule is COc1cc(/C=C2\SC(=NC(=O)c3ccccc3)NC2=O)cc(Cl)c1OCc1ccc([N+](=O)[O-])cc1. The number of nitro benzene ring substituents is 1. The molecule has 0 atom stereocenters. The molecule has 36 heavy (non-hydrogen) atoms. The van der Waals surface area contributed by atoms with Gasteiger partial charge >= 0.3 is 0 Å². The van der Waals surface area contributed by atoms with Crippen molar-refractivity contribution in [1.82, 2.24) is 5.32 Å². The molecule has 1 aliphatic rings. The van der Waals surface area contributed by atoms with E-state index in [9.17, 15) is 19.7 Å². The van der Waals surface area contributed by atoms with Crippen LogP contribution in [0.3, 0.4) is 0 Å². The molecule has 3 aromatic rings. The molecular weight excluding hydrogens is 506 g/mol. The van der Waals surface area contributed by atoms with E-state index in [0.717, 1.165) is 11.8 Å². The number of aliphatic imine (C=N–C) groups is 1. The van der Waals surface area contributed by atoms with Crippen molar-refractivity contribution in [2.24, 2.45) is 4.99 Å². The summed E-state index contributed by atoms with van der Waals surface area (Å²) in [6.07, 6.45) is 1.60. The highest BCUT2D eigenvalue weighted by molar-refractivity contribution is 8.18. The number of carbonyl (C=O) groups excluding carboxylic acids is 2. The highest BCUT2D eigenvalue weighted by Gasteiger charge is 2.25. The fourth-order valence-corrected chi connectivity index (χ4v) is 4.29. The number of nitro groups is 1. The molecule has 1 saturated heterocycles. The number of nitrogens with zero attached hydrogens (tertiary/aromatic N) is 2. The van der Waals surface area contributed by atoms with Gasteiger partial charge in [0.05, 0.1) is 22.0 Å². The van der Waals surface area contributed by atoms with Crippen LogP contribution in [0.5, 0.6) is 11.5 Å². The Morgan fingerprint density at radius 3 is 2.56 bits per heavy atom. The number of rotatable bonds is 7. The molecular formula is C25H18ClN3O6S. The van der Waals surface area contributed by atoms with Crippen LogP contribution in [0, 0.1) is 10.1 Å². The lowest BCUT2D eigenvalue weighted by atomic mass is 10.1. The van der Waals surface area contributed by atoms with Crippen LogP contribution in [0.25, 0.3) is 6.08 Å². The maximum atomic E-state index is 12.4. The van der Waals surface area contributed by atoms with Crippen LogP contribution < -0.4 is 14.8 Å². The molecule has 182 valence electrons. The first-order valence-electron chi connectivity index (χ1n) is 10.5. The smallest absolute Gasteiger partial charge is 0.279 e. The van der Waals surface area contributed by atoms with Gasteiger partial charge < -0.3 is 14.8 Å². The zero-order valence-electron chi connectivity index (χ0n) is 18.8. The predicted molar refractivity (Wildman–Crippen MR) is 137 cm³/mol. The molecule has 1 heterocycles. The van der Waals surface area contributed by atoms with Crippen molar-refractivity contribution in [3.63, 3.8) is 0 Å². The summed E-state index contributed by atoms with van der Waals surface area (Å²) in [4.78, 5) is 39.4. The van der Waals surface area contributed by atoms with Crippen LogP contribution in [0.2, 0.25) is 5.02 Å². The summed E-state index contributed by atoms with van der Waals surface area (Å²) in [7, 11) is 1.46. The van der Waals surface area contributed by atoms with Gasteiger partial charge in [0.15, 0.2) is 16.7 Å². The number of carbonyl (C=O) groups is 2. The van der Waals surface area contributed by atoms with Crippen molar-refractivity contribution < 1.29 is 24.0 Å². The molecule has 0 bridgehead atoms. The Kier molecular flexibility index (Phi) is 7.67. The molecule has 4 rings (SSSR count).